The summed E-state index contributed by atoms with van der Waals surface area (Å²) >= 11 is 1.31. The van der Waals surface area contributed by atoms with E-state index in [9.17, 15) is 9.59 Å². The zero-order valence-electron chi connectivity index (χ0n) is 25.4. The first-order valence-electron chi connectivity index (χ1n) is 14.4. The molecule has 0 saturated carbocycles. The molecule has 3 aromatic heterocycles. The van der Waals surface area contributed by atoms with E-state index >= 15 is 0 Å². The number of carbonyl (C=O) groups is 2. The van der Waals surface area contributed by atoms with Crippen LogP contribution in [0.15, 0.2) is 42.0 Å². The highest BCUT2D eigenvalue weighted by atomic mass is 32.1. The van der Waals surface area contributed by atoms with Crippen LogP contribution >= 0.6 is 11.3 Å². The molecule has 1 saturated heterocycles. The maximum Gasteiger partial charge on any atom is 0.253 e. The van der Waals surface area contributed by atoms with E-state index in [1.807, 2.05) is 41.3 Å². The lowest BCUT2D eigenvalue weighted by molar-refractivity contribution is -0.115. The normalized spacial score (nSPS) is 16.0. The van der Waals surface area contributed by atoms with Gasteiger partial charge in [0.25, 0.3) is 5.91 Å². The van der Waals surface area contributed by atoms with E-state index in [-0.39, 0.29) is 23.9 Å². The summed E-state index contributed by atoms with van der Waals surface area (Å²) in [6.07, 6.45) is 8.05. The second kappa shape index (κ2) is 15.2. The quantitative estimate of drug-likeness (QED) is 0.269. The molecule has 2 N–H and O–H groups in total. The van der Waals surface area contributed by atoms with Gasteiger partial charge in [0, 0.05) is 23.5 Å². The third-order valence-electron chi connectivity index (χ3n) is 7.19. The van der Waals surface area contributed by atoms with Gasteiger partial charge in [-0.2, -0.15) is 0 Å². The van der Waals surface area contributed by atoms with Crippen LogP contribution in [0.2, 0.25) is 0 Å². The van der Waals surface area contributed by atoms with Crippen molar-refractivity contribution in [2.24, 2.45) is 5.92 Å². The first-order valence-corrected chi connectivity index (χ1v) is 15.3. The van der Waals surface area contributed by atoms with Crippen LogP contribution < -0.4 is 10.6 Å². The molecule has 0 radical (unpaired) electrons. The van der Waals surface area contributed by atoms with E-state index in [4.69, 9.17) is 9.47 Å². The molecule has 10 heteroatoms. The molecule has 1 fully saturated rings. The van der Waals surface area contributed by atoms with Gasteiger partial charge in [-0.15, -0.1) is 11.3 Å². The van der Waals surface area contributed by atoms with Crippen molar-refractivity contribution in [3.8, 4) is 11.4 Å². The number of amides is 2. The van der Waals surface area contributed by atoms with E-state index in [0.717, 1.165) is 23.7 Å². The Morgan fingerprint density at radius 1 is 1.10 bits per heavy atom. The third kappa shape index (κ3) is 9.76. The predicted molar refractivity (Wildman–Crippen MR) is 164 cm³/mol. The smallest absolute Gasteiger partial charge is 0.253 e. The minimum Gasteiger partial charge on any atom is -0.376 e. The van der Waals surface area contributed by atoms with Crippen molar-refractivity contribution in [3.05, 3.63) is 53.3 Å². The number of aryl methyl sites for hydroxylation is 1. The van der Waals surface area contributed by atoms with Gasteiger partial charge in [0.05, 0.1) is 48.8 Å². The molecule has 224 valence electrons. The highest BCUT2D eigenvalue weighted by Crippen LogP contribution is 2.26. The van der Waals surface area contributed by atoms with Crippen LogP contribution in [0, 0.1) is 12.8 Å². The minimum atomic E-state index is -0.338. The fourth-order valence-electron chi connectivity index (χ4n) is 4.26. The number of hydrogen-bond acceptors (Lipinski definition) is 7. The molecule has 0 bridgehead atoms. The maximum atomic E-state index is 12.3. The lowest BCUT2D eigenvalue weighted by Gasteiger charge is -2.39. The van der Waals surface area contributed by atoms with Crippen LogP contribution in [0.25, 0.3) is 11.4 Å². The van der Waals surface area contributed by atoms with E-state index in [0.29, 0.717) is 41.8 Å². The van der Waals surface area contributed by atoms with Crippen molar-refractivity contribution in [2.75, 3.05) is 25.1 Å². The highest BCUT2D eigenvalue weighted by Gasteiger charge is 2.35. The lowest BCUT2D eigenvalue weighted by atomic mass is 10.0. The largest absolute Gasteiger partial charge is 0.376 e. The lowest BCUT2D eigenvalue weighted by Crippen LogP contribution is -2.48. The Balaban J connectivity index is 0.000000327. The summed E-state index contributed by atoms with van der Waals surface area (Å²) in [5.41, 5.74) is 2.76. The second-order valence-electron chi connectivity index (χ2n) is 11.1. The van der Waals surface area contributed by atoms with Gasteiger partial charge in [-0.1, -0.05) is 33.3 Å². The zero-order chi connectivity index (χ0) is 30.0. The zero-order valence-corrected chi connectivity index (χ0v) is 26.2. The van der Waals surface area contributed by atoms with E-state index in [1.54, 1.807) is 12.3 Å². The number of thiazole rings is 1. The van der Waals surface area contributed by atoms with Gasteiger partial charge in [-0.3, -0.25) is 14.6 Å². The molecule has 3 unspecified atom stereocenters. The third-order valence-corrected chi connectivity index (χ3v) is 7.94. The maximum absolute atomic E-state index is 12.3. The summed E-state index contributed by atoms with van der Waals surface area (Å²) < 4.78 is 13.0. The molecule has 1 aliphatic heterocycles. The minimum absolute atomic E-state index is 0.107. The topological polar surface area (TPSA) is 107 Å². The number of hydrogen-bond donors (Lipinski definition) is 2. The Morgan fingerprint density at radius 2 is 1.85 bits per heavy atom. The van der Waals surface area contributed by atoms with Gasteiger partial charge in [0.1, 0.15) is 5.69 Å². The summed E-state index contributed by atoms with van der Waals surface area (Å²) in [4.78, 5) is 33.3. The van der Waals surface area contributed by atoms with Crippen molar-refractivity contribution in [1.29, 1.82) is 0 Å². The molecule has 41 heavy (non-hydrogen) atoms. The number of aromatic nitrogens is 3. The fourth-order valence-corrected chi connectivity index (χ4v) is 4.98. The molecule has 0 spiro atoms. The van der Waals surface area contributed by atoms with Crippen LogP contribution in [0.5, 0.6) is 0 Å². The Morgan fingerprint density at radius 3 is 2.49 bits per heavy atom. The predicted octanol–water partition coefficient (Wildman–Crippen LogP) is 6.06. The van der Waals surface area contributed by atoms with Crippen molar-refractivity contribution in [3.63, 3.8) is 0 Å². The summed E-state index contributed by atoms with van der Waals surface area (Å²) in [5.74, 6) is 0.158. The highest BCUT2D eigenvalue weighted by molar-refractivity contribution is 7.14. The van der Waals surface area contributed by atoms with Crippen LogP contribution in [0.1, 0.15) is 76.9 Å². The van der Waals surface area contributed by atoms with Crippen molar-refractivity contribution in [1.82, 2.24) is 19.9 Å². The van der Waals surface area contributed by atoms with E-state index in [1.165, 1.54) is 24.2 Å². The molecule has 9 nitrogen and oxygen atoms in total. The number of pyridine rings is 1. The molecule has 1 aliphatic rings. The summed E-state index contributed by atoms with van der Waals surface area (Å²) in [6.45, 7) is 16.1. The molecule has 0 aromatic carbocycles. The number of nitrogens with zero attached hydrogens (tertiary/aromatic N) is 3. The number of carbonyl (C=O) groups excluding carboxylic acids is 2. The Labute approximate surface area is 248 Å². The molecule has 4 heterocycles. The van der Waals surface area contributed by atoms with Crippen molar-refractivity contribution in [2.45, 2.75) is 85.5 Å². The van der Waals surface area contributed by atoms with E-state index < -0.39 is 0 Å². The standard InChI is InChI=1S/C20H21N5O3S.C11H24O/c1-13-4-3-5-15(22-13)16-10-29-19(23-16)24-17(26)8-21-18(27)14-6-7-25(9-14)20(2)11-28-12-20;1-6-9(3)8-11(5)12-10(4)7-2/h3-7,9-10H,8,11-12H2,1-2H3,(H,21,27)(H,23,24,26);9-11H,6-8H2,1-5H3. The molecular weight excluding hydrogens is 538 g/mol. The Hall–Kier alpha value is -3.08. The van der Waals surface area contributed by atoms with Gasteiger partial charge >= 0.3 is 0 Å². The van der Waals surface area contributed by atoms with Crippen LogP contribution in [0.3, 0.4) is 0 Å². The Bertz CT molecular complexity index is 1260. The van der Waals surface area contributed by atoms with Gasteiger partial charge in [0.15, 0.2) is 5.13 Å². The fraction of sp³-hybridized carbons (Fsp3) is 0.548. The van der Waals surface area contributed by atoms with Crippen LogP contribution in [-0.2, 0) is 19.8 Å². The van der Waals surface area contributed by atoms with Crippen LogP contribution in [-0.4, -0.2) is 58.3 Å². The second-order valence-corrected chi connectivity index (χ2v) is 12.0. The summed E-state index contributed by atoms with van der Waals surface area (Å²) in [5, 5.41) is 7.64. The Kier molecular flexibility index (Phi) is 12.1. The molecule has 3 aromatic rings. The number of ether oxygens (including phenoxy) is 2. The monoisotopic (exact) mass is 583 g/mol. The molecular formula is C31H45N5O4S. The summed E-state index contributed by atoms with van der Waals surface area (Å²) in [7, 11) is 0. The number of anilines is 1. The van der Waals surface area contributed by atoms with Crippen molar-refractivity contribution < 1.29 is 19.1 Å². The molecule has 3 atom stereocenters. The average Bonchev–Trinajstić information content (AvgIpc) is 3.61. The molecule has 4 rings (SSSR count). The van der Waals surface area contributed by atoms with Gasteiger partial charge in [-0.25, -0.2) is 4.98 Å². The first kappa shape index (κ1) is 32.4. The summed E-state index contributed by atoms with van der Waals surface area (Å²) in [6, 6.07) is 7.43. The number of nitrogens with one attached hydrogen (secondary N) is 2. The first-order chi connectivity index (χ1) is 19.5. The van der Waals surface area contributed by atoms with E-state index in [2.05, 4.69) is 62.1 Å². The SMILES string of the molecule is CCC(C)CC(C)OC(C)CC.Cc1cccc(-c2csc(NC(=O)CNC(=O)c3ccn(C4(C)COC4)c3)n2)n1. The average molecular weight is 584 g/mol. The van der Waals surface area contributed by atoms with Gasteiger partial charge in [-0.05, 0) is 64.7 Å². The molecule has 0 aliphatic carbocycles. The van der Waals surface area contributed by atoms with Crippen LogP contribution in [0.4, 0.5) is 5.13 Å². The van der Waals surface area contributed by atoms with Crippen molar-refractivity contribution >= 4 is 28.3 Å². The number of rotatable bonds is 12. The van der Waals surface area contributed by atoms with Gasteiger partial charge in [0.2, 0.25) is 5.91 Å². The molecule has 2 amide bonds. The van der Waals surface area contributed by atoms with Gasteiger partial charge < -0.3 is 24.7 Å².